The molecule has 166 valence electrons. The Bertz CT molecular complexity index is 813. The maximum absolute atomic E-state index is 4.73. The van der Waals surface area contributed by atoms with Crippen molar-refractivity contribution in [3.05, 3.63) is 84.4 Å². The lowest BCUT2D eigenvalue weighted by molar-refractivity contribution is 0.610. The number of hydrogen-bond donors (Lipinski definition) is 2. The lowest BCUT2D eigenvalue weighted by atomic mass is 9.88. The van der Waals surface area contributed by atoms with Gasteiger partial charge in [0.25, 0.3) is 0 Å². The first kappa shape index (κ1) is 24.8. The second-order valence-corrected chi connectivity index (χ2v) is 7.26. The van der Waals surface area contributed by atoms with Gasteiger partial charge in [0.2, 0.25) is 0 Å². The number of nitrogens with zero attached hydrogens (tertiary/aromatic N) is 4. The Hall–Kier alpha value is -2.42. The Morgan fingerprint density at radius 2 is 1.52 bits per heavy atom. The first-order valence-electron chi connectivity index (χ1n) is 10.8. The third-order valence-corrected chi connectivity index (χ3v) is 5.03. The topological polar surface area (TPSA) is 67.1 Å². The monoisotopic (exact) mass is 532 g/mol. The zero-order chi connectivity index (χ0) is 20.9. The summed E-state index contributed by atoms with van der Waals surface area (Å²) < 4.78 is 2.00. The van der Waals surface area contributed by atoms with Crippen molar-refractivity contribution in [1.82, 2.24) is 25.4 Å². The van der Waals surface area contributed by atoms with Crippen molar-refractivity contribution in [3.8, 4) is 0 Å². The van der Waals surface area contributed by atoms with Gasteiger partial charge in [-0.25, -0.2) is 0 Å². The Kier molecular flexibility index (Phi) is 11.7. The van der Waals surface area contributed by atoms with E-state index in [1.807, 2.05) is 4.57 Å². The summed E-state index contributed by atoms with van der Waals surface area (Å²) in [6.07, 6.45) is 6.61. The van der Waals surface area contributed by atoms with Gasteiger partial charge in [-0.2, -0.15) is 0 Å². The Labute approximate surface area is 202 Å². The molecule has 0 bridgehead atoms. The van der Waals surface area contributed by atoms with E-state index >= 15 is 0 Å². The number of halogens is 1. The van der Waals surface area contributed by atoms with E-state index in [1.54, 1.807) is 12.7 Å². The predicted octanol–water partition coefficient (Wildman–Crippen LogP) is 4.45. The largest absolute Gasteiger partial charge is 0.357 e. The smallest absolute Gasteiger partial charge is 0.191 e. The van der Waals surface area contributed by atoms with Gasteiger partial charge in [-0.05, 0) is 37.3 Å². The molecule has 2 N–H and O–H groups in total. The van der Waals surface area contributed by atoms with Crippen molar-refractivity contribution >= 4 is 29.9 Å². The Morgan fingerprint density at radius 1 is 0.903 bits per heavy atom. The normalized spacial score (nSPS) is 11.2. The van der Waals surface area contributed by atoms with Gasteiger partial charge in [-0.15, -0.1) is 34.2 Å². The number of aryl methyl sites for hydroxylation is 1. The summed E-state index contributed by atoms with van der Waals surface area (Å²) in [6, 6.07) is 21.5. The SMILES string of the molecule is CCNC(=NCCCCn1cnnc1)NCCC(c1ccccc1)c1ccccc1.I. The third-order valence-electron chi connectivity index (χ3n) is 5.03. The molecule has 0 aliphatic carbocycles. The van der Waals surface area contributed by atoms with Crippen LogP contribution >= 0.6 is 24.0 Å². The first-order valence-corrected chi connectivity index (χ1v) is 10.8. The summed E-state index contributed by atoms with van der Waals surface area (Å²) in [5.74, 6) is 1.26. The maximum Gasteiger partial charge on any atom is 0.191 e. The van der Waals surface area contributed by atoms with E-state index in [0.717, 1.165) is 51.4 Å². The molecule has 3 rings (SSSR count). The Balaban J connectivity index is 0.00000341. The summed E-state index contributed by atoms with van der Waals surface area (Å²) in [4.78, 5) is 4.73. The van der Waals surface area contributed by atoms with Gasteiger partial charge in [-0.1, -0.05) is 60.7 Å². The highest BCUT2D eigenvalue weighted by atomic mass is 127. The standard InChI is InChI=1S/C24H32N6.HI/c1-2-25-24(26-16-9-10-18-30-19-28-29-20-30)27-17-15-23(21-11-5-3-6-12-21)22-13-7-4-8-14-22;/h3-8,11-14,19-20,23H,2,9-10,15-18H2,1H3,(H2,25,26,27);1H. The molecule has 1 heterocycles. The number of unbranched alkanes of at least 4 members (excludes halogenated alkanes) is 1. The van der Waals surface area contributed by atoms with Crippen LogP contribution < -0.4 is 10.6 Å². The average Bonchev–Trinajstić information content (AvgIpc) is 3.31. The zero-order valence-corrected chi connectivity index (χ0v) is 20.5. The number of benzene rings is 2. The maximum atomic E-state index is 4.73. The van der Waals surface area contributed by atoms with E-state index in [-0.39, 0.29) is 24.0 Å². The molecule has 0 atom stereocenters. The van der Waals surface area contributed by atoms with Crippen LogP contribution in [-0.2, 0) is 6.54 Å². The van der Waals surface area contributed by atoms with Crippen LogP contribution in [0.15, 0.2) is 78.3 Å². The van der Waals surface area contributed by atoms with Crippen molar-refractivity contribution in [3.63, 3.8) is 0 Å². The Morgan fingerprint density at radius 3 is 2.10 bits per heavy atom. The second-order valence-electron chi connectivity index (χ2n) is 7.26. The molecule has 0 fully saturated rings. The molecular weight excluding hydrogens is 499 g/mol. The molecule has 0 unspecified atom stereocenters. The van der Waals surface area contributed by atoms with Crippen molar-refractivity contribution in [2.75, 3.05) is 19.6 Å². The van der Waals surface area contributed by atoms with Crippen LogP contribution in [0.5, 0.6) is 0 Å². The lowest BCUT2D eigenvalue weighted by Gasteiger charge is -2.19. The van der Waals surface area contributed by atoms with Gasteiger partial charge in [0.1, 0.15) is 12.7 Å². The van der Waals surface area contributed by atoms with E-state index in [9.17, 15) is 0 Å². The molecule has 7 heteroatoms. The fourth-order valence-corrected chi connectivity index (χ4v) is 3.51. The van der Waals surface area contributed by atoms with Crippen molar-refractivity contribution in [1.29, 1.82) is 0 Å². The molecule has 0 amide bonds. The van der Waals surface area contributed by atoms with Gasteiger partial charge < -0.3 is 15.2 Å². The summed E-state index contributed by atoms with van der Waals surface area (Å²) in [6.45, 7) is 5.55. The quantitative estimate of drug-likeness (QED) is 0.166. The number of rotatable bonds is 11. The fourth-order valence-electron chi connectivity index (χ4n) is 3.51. The number of aliphatic imine (C=N–C) groups is 1. The van der Waals surface area contributed by atoms with Crippen molar-refractivity contribution < 1.29 is 0 Å². The molecule has 0 saturated carbocycles. The van der Waals surface area contributed by atoms with Crippen LogP contribution in [0.4, 0.5) is 0 Å². The molecule has 2 aromatic carbocycles. The van der Waals surface area contributed by atoms with Crippen LogP contribution in [0.2, 0.25) is 0 Å². The van der Waals surface area contributed by atoms with Gasteiger partial charge in [0.15, 0.2) is 5.96 Å². The molecule has 1 aromatic heterocycles. The van der Waals surface area contributed by atoms with Gasteiger partial charge in [-0.3, -0.25) is 4.99 Å². The van der Waals surface area contributed by atoms with E-state index in [2.05, 4.69) is 88.4 Å². The van der Waals surface area contributed by atoms with Crippen LogP contribution in [0.25, 0.3) is 0 Å². The van der Waals surface area contributed by atoms with Crippen molar-refractivity contribution in [2.45, 2.75) is 38.6 Å². The summed E-state index contributed by atoms with van der Waals surface area (Å²) in [7, 11) is 0. The number of guanidine groups is 1. The summed E-state index contributed by atoms with van der Waals surface area (Å²) >= 11 is 0. The van der Waals surface area contributed by atoms with Crippen LogP contribution in [0, 0.1) is 0 Å². The number of hydrogen-bond acceptors (Lipinski definition) is 3. The lowest BCUT2D eigenvalue weighted by Crippen LogP contribution is -2.38. The predicted molar refractivity (Wildman–Crippen MR) is 138 cm³/mol. The summed E-state index contributed by atoms with van der Waals surface area (Å²) in [5.41, 5.74) is 2.70. The minimum Gasteiger partial charge on any atom is -0.357 e. The fraction of sp³-hybridized carbons (Fsp3) is 0.375. The average molecular weight is 532 g/mol. The minimum absolute atomic E-state index is 0. The minimum atomic E-state index is 0. The van der Waals surface area contributed by atoms with Crippen LogP contribution in [-0.4, -0.2) is 40.4 Å². The number of aromatic nitrogens is 3. The van der Waals surface area contributed by atoms with E-state index in [4.69, 9.17) is 4.99 Å². The molecule has 0 radical (unpaired) electrons. The van der Waals surface area contributed by atoms with Gasteiger partial charge in [0, 0.05) is 32.1 Å². The number of nitrogens with one attached hydrogen (secondary N) is 2. The molecular formula is C24H33IN6. The van der Waals surface area contributed by atoms with Gasteiger partial charge in [0.05, 0.1) is 0 Å². The zero-order valence-electron chi connectivity index (χ0n) is 18.2. The molecule has 6 nitrogen and oxygen atoms in total. The molecule has 3 aromatic rings. The van der Waals surface area contributed by atoms with Gasteiger partial charge >= 0.3 is 0 Å². The molecule has 0 spiro atoms. The molecule has 31 heavy (non-hydrogen) atoms. The summed E-state index contributed by atoms with van der Waals surface area (Å²) in [5, 5.41) is 14.5. The highest BCUT2D eigenvalue weighted by Gasteiger charge is 2.13. The second kappa shape index (κ2) is 14.6. The molecule has 0 aliphatic rings. The van der Waals surface area contributed by atoms with Crippen LogP contribution in [0.1, 0.15) is 43.2 Å². The van der Waals surface area contributed by atoms with E-state index in [1.165, 1.54) is 11.1 Å². The van der Waals surface area contributed by atoms with E-state index in [0.29, 0.717) is 5.92 Å². The van der Waals surface area contributed by atoms with E-state index < -0.39 is 0 Å². The van der Waals surface area contributed by atoms with Crippen molar-refractivity contribution in [2.24, 2.45) is 4.99 Å². The molecule has 0 saturated heterocycles. The van der Waals surface area contributed by atoms with Crippen LogP contribution in [0.3, 0.4) is 0 Å². The first-order chi connectivity index (χ1) is 14.9. The highest BCUT2D eigenvalue weighted by Crippen LogP contribution is 2.27. The highest BCUT2D eigenvalue weighted by molar-refractivity contribution is 14.0. The third kappa shape index (κ3) is 8.69. The molecule has 0 aliphatic heterocycles.